The predicted octanol–water partition coefficient (Wildman–Crippen LogP) is 4.03. The van der Waals surface area contributed by atoms with E-state index in [2.05, 4.69) is 20.5 Å². The van der Waals surface area contributed by atoms with Gasteiger partial charge in [0.15, 0.2) is 17.2 Å². The maximum Gasteiger partial charge on any atom is 0.292 e. The van der Waals surface area contributed by atoms with Gasteiger partial charge in [-0.1, -0.05) is 23.9 Å². The predicted molar refractivity (Wildman–Crippen MR) is 108 cm³/mol. The number of furan rings is 2. The number of hydrogen-bond donors (Lipinski definition) is 1. The van der Waals surface area contributed by atoms with Crippen molar-refractivity contribution in [3.63, 3.8) is 0 Å². The van der Waals surface area contributed by atoms with Gasteiger partial charge in [-0.25, -0.2) is 4.98 Å². The summed E-state index contributed by atoms with van der Waals surface area (Å²) in [6.45, 7) is 0. The maximum atomic E-state index is 12.3. The topological polar surface area (TPSA) is 137 Å². The van der Waals surface area contributed by atoms with E-state index >= 15 is 0 Å². The summed E-state index contributed by atoms with van der Waals surface area (Å²) in [5.74, 6) is 0.452. The fourth-order valence-corrected chi connectivity index (χ4v) is 3.18. The van der Waals surface area contributed by atoms with Gasteiger partial charge in [0.05, 0.1) is 23.2 Å². The summed E-state index contributed by atoms with van der Waals surface area (Å²) in [7, 11) is 0. The summed E-state index contributed by atoms with van der Waals surface area (Å²) in [4.78, 5) is 27.2. The van der Waals surface area contributed by atoms with Gasteiger partial charge in [-0.3, -0.25) is 14.9 Å². The Morgan fingerprint density at radius 2 is 1.70 bits per heavy atom. The van der Waals surface area contributed by atoms with Crippen molar-refractivity contribution < 1.29 is 18.6 Å². The van der Waals surface area contributed by atoms with Crippen LogP contribution in [0.4, 0.5) is 11.4 Å². The number of aromatic nitrogens is 3. The molecule has 0 bridgehead atoms. The molecule has 10 nitrogen and oxygen atoms in total. The Kier molecular flexibility index (Phi) is 5.52. The standard InChI is InChI=1S/C19H13N5O5S/c25-16(20-12-5-1-2-6-13(12)24(26)27)11-30-19-21-17(14-7-3-9-28-14)18(22-23-19)15-8-4-10-29-15/h1-10H,11H2,(H,20,25). The number of carbonyl (C=O) groups excluding carboxylic acids is 1. The van der Waals surface area contributed by atoms with Crippen LogP contribution in [0, 0.1) is 10.1 Å². The van der Waals surface area contributed by atoms with Crippen LogP contribution in [-0.2, 0) is 4.79 Å². The lowest BCUT2D eigenvalue weighted by atomic mass is 10.2. The molecule has 3 heterocycles. The molecule has 0 radical (unpaired) electrons. The molecule has 30 heavy (non-hydrogen) atoms. The summed E-state index contributed by atoms with van der Waals surface area (Å²) in [5, 5.41) is 22.0. The number of nitro groups is 1. The van der Waals surface area contributed by atoms with E-state index in [1.54, 1.807) is 30.3 Å². The minimum atomic E-state index is -0.557. The fourth-order valence-electron chi connectivity index (χ4n) is 2.59. The van der Waals surface area contributed by atoms with Crippen molar-refractivity contribution in [2.75, 3.05) is 11.1 Å². The normalized spacial score (nSPS) is 10.7. The van der Waals surface area contributed by atoms with E-state index in [1.165, 1.54) is 30.7 Å². The van der Waals surface area contributed by atoms with E-state index in [0.29, 0.717) is 22.9 Å². The summed E-state index contributed by atoms with van der Waals surface area (Å²) in [6, 6.07) is 12.8. The third kappa shape index (κ3) is 4.20. The first-order chi connectivity index (χ1) is 14.6. The summed E-state index contributed by atoms with van der Waals surface area (Å²) in [5.41, 5.74) is 0.767. The Labute approximate surface area is 173 Å². The average Bonchev–Trinajstić information content (AvgIpc) is 3.46. The van der Waals surface area contributed by atoms with Gasteiger partial charge in [-0.05, 0) is 30.3 Å². The van der Waals surface area contributed by atoms with Crippen molar-refractivity contribution in [2.24, 2.45) is 0 Å². The molecular weight excluding hydrogens is 410 g/mol. The number of benzene rings is 1. The fraction of sp³-hybridized carbons (Fsp3) is 0.0526. The van der Waals surface area contributed by atoms with Crippen LogP contribution >= 0.6 is 11.8 Å². The monoisotopic (exact) mass is 423 g/mol. The molecule has 3 aromatic heterocycles. The molecule has 0 aliphatic rings. The molecular formula is C19H13N5O5S. The third-order valence-electron chi connectivity index (χ3n) is 3.88. The van der Waals surface area contributed by atoms with Gasteiger partial charge in [0, 0.05) is 6.07 Å². The lowest BCUT2D eigenvalue weighted by Gasteiger charge is -2.07. The number of nitrogens with one attached hydrogen (secondary N) is 1. The molecule has 150 valence electrons. The Bertz CT molecular complexity index is 1180. The van der Waals surface area contributed by atoms with E-state index in [4.69, 9.17) is 8.83 Å². The number of nitrogens with zero attached hydrogens (tertiary/aromatic N) is 4. The number of thioether (sulfide) groups is 1. The number of nitro benzene ring substituents is 1. The quantitative estimate of drug-likeness (QED) is 0.265. The van der Waals surface area contributed by atoms with E-state index in [-0.39, 0.29) is 22.3 Å². The van der Waals surface area contributed by atoms with Crippen molar-refractivity contribution in [1.82, 2.24) is 15.2 Å². The van der Waals surface area contributed by atoms with Crippen LogP contribution in [0.5, 0.6) is 0 Å². The minimum Gasteiger partial charge on any atom is -0.463 e. The zero-order valence-electron chi connectivity index (χ0n) is 15.2. The first-order valence-electron chi connectivity index (χ1n) is 8.60. The number of para-hydroxylation sites is 2. The SMILES string of the molecule is O=C(CSc1nnc(-c2ccco2)c(-c2ccco2)n1)Nc1ccccc1[N+](=O)[O-]. The third-order valence-corrected chi connectivity index (χ3v) is 4.72. The molecule has 1 aromatic carbocycles. The molecule has 0 unspecified atom stereocenters. The van der Waals surface area contributed by atoms with Crippen LogP contribution in [0.2, 0.25) is 0 Å². The smallest absolute Gasteiger partial charge is 0.292 e. The number of hydrogen-bond acceptors (Lipinski definition) is 9. The highest BCUT2D eigenvalue weighted by Crippen LogP contribution is 2.30. The molecule has 11 heteroatoms. The molecule has 0 spiro atoms. The number of rotatable bonds is 7. The van der Waals surface area contributed by atoms with E-state index in [1.807, 2.05) is 0 Å². The Balaban J connectivity index is 1.51. The average molecular weight is 423 g/mol. The molecule has 1 N–H and O–H groups in total. The minimum absolute atomic E-state index is 0.0641. The first-order valence-corrected chi connectivity index (χ1v) is 9.59. The van der Waals surface area contributed by atoms with Crippen molar-refractivity contribution in [1.29, 1.82) is 0 Å². The second kappa shape index (κ2) is 8.57. The molecule has 0 aliphatic carbocycles. The van der Waals surface area contributed by atoms with Crippen LogP contribution < -0.4 is 5.32 Å². The zero-order valence-corrected chi connectivity index (χ0v) is 16.0. The molecule has 0 atom stereocenters. The van der Waals surface area contributed by atoms with Crippen molar-refractivity contribution in [2.45, 2.75) is 5.16 Å². The van der Waals surface area contributed by atoms with Crippen molar-refractivity contribution >= 4 is 29.0 Å². The second-order valence-corrected chi connectivity index (χ2v) is 6.80. The Hall–Kier alpha value is -3.99. The number of amides is 1. The van der Waals surface area contributed by atoms with E-state index in [0.717, 1.165) is 11.8 Å². The first kappa shape index (κ1) is 19.3. The van der Waals surface area contributed by atoms with Gasteiger partial charge in [0.25, 0.3) is 5.69 Å². The lowest BCUT2D eigenvalue weighted by Crippen LogP contribution is -2.15. The highest BCUT2D eigenvalue weighted by molar-refractivity contribution is 7.99. The van der Waals surface area contributed by atoms with E-state index < -0.39 is 10.8 Å². The van der Waals surface area contributed by atoms with Gasteiger partial charge in [0.1, 0.15) is 11.4 Å². The summed E-state index contributed by atoms with van der Waals surface area (Å²) < 4.78 is 10.8. The summed E-state index contributed by atoms with van der Waals surface area (Å²) in [6.07, 6.45) is 3.02. The van der Waals surface area contributed by atoms with Crippen LogP contribution in [-0.4, -0.2) is 31.8 Å². The van der Waals surface area contributed by atoms with Crippen LogP contribution in [0.1, 0.15) is 0 Å². The lowest BCUT2D eigenvalue weighted by molar-refractivity contribution is -0.383. The molecule has 0 fully saturated rings. The van der Waals surface area contributed by atoms with Gasteiger partial charge in [-0.15, -0.1) is 10.2 Å². The van der Waals surface area contributed by atoms with Crippen LogP contribution in [0.25, 0.3) is 22.9 Å². The Morgan fingerprint density at radius 1 is 1.00 bits per heavy atom. The Morgan fingerprint density at radius 3 is 2.37 bits per heavy atom. The highest BCUT2D eigenvalue weighted by Gasteiger charge is 2.19. The molecule has 0 saturated carbocycles. The highest BCUT2D eigenvalue weighted by atomic mass is 32.2. The van der Waals surface area contributed by atoms with Gasteiger partial charge >= 0.3 is 0 Å². The summed E-state index contributed by atoms with van der Waals surface area (Å²) >= 11 is 1.04. The molecule has 0 saturated heterocycles. The zero-order chi connectivity index (χ0) is 20.9. The molecule has 0 aliphatic heterocycles. The van der Waals surface area contributed by atoms with Gasteiger partial charge in [-0.2, -0.15) is 0 Å². The number of carbonyl (C=O) groups is 1. The second-order valence-electron chi connectivity index (χ2n) is 5.86. The number of anilines is 1. The van der Waals surface area contributed by atoms with Gasteiger partial charge in [0.2, 0.25) is 11.1 Å². The maximum absolute atomic E-state index is 12.3. The molecule has 4 aromatic rings. The molecule has 4 rings (SSSR count). The van der Waals surface area contributed by atoms with Crippen LogP contribution in [0.15, 0.2) is 75.0 Å². The van der Waals surface area contributed by atoms with Gasteiger partial charge < -0.3 is 14.2 Å². The largest absolute Gasteiger partial charge is 0.463 e. The van der Waals surface area contributed by atoms with Crippen molar-refractivity contribution in [3.05, 3.63) is 71.2 Å². The van der Waals surface area contributed by atoms with Crippen molar-refractivity contribution in [3.8, 4) is 22.9 Å². The molecule has 1 amide bonds. The van der Waals surface area contributed by atoms with Crippen LogP contribution in [0.3, 0.4) is 0 Å². The van der Waals surface area contributed by atoms with E-state index in [9.17, 15) is 14.9 Å².